The number of piperidine rings is 1. The molecule has 7 heteroatoms. The van der Waals surface area contributed by atoms with Crippen molar-refractivity contribution in [2.75, 3.05) is 31.9 Å². The molecule has 3 rings (SSSR count). The summed E-state index contributed by atoms with van der Waals surface area (Å²) >= 11 is 0. The molecule has 1 amide bonds. The number of carbonyl (C=O) groups excluding carboxylic acids is 1. The third kappa shape index (κ3) is 4.59. The van der Waals surface area contributed by atoms with Crippen LogP contribution in [-0.4, -0.2) is 58.3 Å². The van der Waals surface area contributed by atoms with E-state index in [-0.39, 0.29) is 12.5 Å². The van der Waals surface area contributed by atoms with Crippen LogP contribution in [0.25, 0.3) is 10.9 Å². The first-order chi connectivity index (χ1) is 13.1. The molecule has 1 fully saturated rings. The number of nitrogens with two attached hydrogens (primary N) is 1. The van der Waals surface area contributed by atoms with E-state index in [1.54, 1.807) is 32.2 Å². The van der Waals surface area contributed by atoms with Crippen LogP contribution in [0.1, 0.15) is 42.6 Å². The molecule has 1 aromatic carbocycles. The second kappa shape index (κ2) is 7.64. The van der Waals surface area contributed by atoms with Crippen molar-refractivity contribution in [1.29, 1.82) is 0 Å². The van der Waals surface area contributed by atoms with Crippen LogP contribution in [0.4, 0.5) is 10.1 Å². The third-order valence-corrected chi connectivity index (χ3v) is 5.31. The molecule has 0 unspecified atom stereocenters. The third-order valence-electron chi connectivity index (χ3n) is 5.31. The topological polar surface area (TPSA) is 91.5 Å². The number of aliphatic hydroxyl groups is 1. The van der Waals surface area contributed by atoms with Gasteiger partial charge in [0.15, 0.2) is 0 Å². The number of benzene rings is 1. The van der Waals surface area contributed by atoms with Gasteiger partial charge in [0.2, 0.25) is 0 Å². The maximum absolute atomic E-state index is 15.2. The number of fused-ring (bicyclic) bond motifs is 1. The van der Waals surface area contributed by atoms with Gasteiger partial charge in [-0.15, -0.1) is 0 Å². The van der Waals surface area contributed by atoms with Gasteiger partial charge in [-0.3, -0.25) is 9.78 Å². The zero-order valence-electron chi connectivity index (χ0n) is 16.8. The number of amides is 1. The van der Waals surface area contributed by atoms with E-state index < -0.39 is 11.3 Å². The van der Waals surface area contributed by atoms with E-state index >= 15 is 4.39 Å². The van der Waals surface area contributed by atoms with Gasteiger partial charge < -0.3 is 21.1 Å². The molecule has 0 atom stereocenters. The van der Waals surface area contributed by atoms with Gasteiger partial charge in [-0.2, -0.15) is 0 Å². The minimum absolute atomic E-state index is 0.0417. The number of nitrogen functional groups attached to an aromatic ring is 1. The second-order valence-electron chi connectivity index (χ2n) is 8.48. The number of rotatable bonds is 5. The van der Waals surface area contributed by atoms with E-state index in [0.29, 0.717) is 49.2 Å². The lowest BCUT2D eigenvalue weighted by Crippen LogP contribution is -2.50. The van der Waals surface area contributed by atoms with Crippen molar-refractivity contribution in [3.63, 3.8) is 0 Å². The summed E-state index contributed by atoms with van der Waals surface area (Å²) in [6.07, 6.45) is 2.26. The molecule has 1 aliphatic rings. The number of aromatic nitrogens is 1. The maximum atomic E-state index is 15.2. The molecule has 0 aliphatic carbocycles. The standard InChI is InChI=1S/C21H29FN4O2/c1-14-11-16(18-15(17(14)23)5-4-8-24-18)19(27)25-12-21(22)6-9-26(10-7-21)13-20(2,3)28/h4-5,8,11,28H,6-7,9-10,12-13,23H2,1-3H3,(H,25,27). The van der Waals surface area contributed by atoms with Gasteiger partial charge in [0.1, 0.15) is 5.67 Å². The summed E-state index contributed by atoms with van der Waals surface area (Å²) in [5.74, 6) is -0.345. The zero-order chi connectivity index (χ0) is 20.5. The molecular weight excluding hydrogens is 359 g/mol. The number of aryl methyl sites for hydroxylation is 1. The molecule has 1 aliphatic heterocycles. The number of nitrogens with one attached hydrogen (secondary N) is 1. The van der Waals surface area contributed by atoms with Crippen LogP contribution >= 0.6 is 0 Å². The van der Waals surface area contributed by atoms with Crippen molar-refractivity contribution >= 4 is 22.5 Å². The van der Waals surface area contributed by atoms with E-state index in [9.17, 15) is 9.90 Å². The molecule has 2 heterocycles. The Bertz CT molecular complexity index is 871. The summed E-state index contributed by atoms with van der Waals surface area (Å²) in [6, 6.07) is 5.31. The lowest BCUT2D eigenvalue weighted by Gasteiger charge is -2.38. The molecule has 0 bridgehead atoms. The van der Waals surface area contributed by atoms with Crippen LogP contribution in [-0.2, 0) is 0 Å². The van der Waals surface area contributed by atoms with Crippen LogP contribution in [0.5, 0.6) is 0 Å². The molecule has 28 heavy (non-hydrogen) atoms. The highest BCUT2D eigenvalue weighted by Gasteiger charge is 2.36. The van der Waals surface area contributed by atoms with Crippen LogP contribution in [0.15, 0.2) is 24.4 Å². The smallest absolute Gasteiger partial charge is 0.253 e. The first kappa shape index (κ1) is 20.5. The highest BCUT2D eigenvalue weighted by atomic mass is 19.1. The second-order valence-corrected chi connectivity index (χ2v) is 8.48. The number of likely N-dealkylation sites (tertiary alicyclic amines) is 1. The van der Waals surface area contributed by atoms with Gasteiger partial charge in [0.05, 0.1) is 23.2 Å². The largest absolute Gasteiger partial charge is 0.398 e. The van der Waals surface area contributed by atoms with Crippen molar-refractivity contribution in [1.82, 2.24) is 15.2 Å². The summed E-state index contributed by atoms with van der Waals surface area (Å²) in [7, 11) is 0. The number of hydrogen-bond acceptors (Lipinski definition) is 5. The normalized spacial score (nSPS) is 17.6. The summed E-state index contributed by atoms with van der Waals surface area (Å²) in [5.41, 5.74) is 6.18. The summed E-state index contributed by atoms with van der Waals surface area (Å²) in [6.45, 7) is 6.92. The Balaban J connectivity index is 1.67. The maximum Gasteiger partial charge on any atom is 0.253 e. The fourth-order valence-corrected chi connectivity index (χ4v) is 3.76. The zero-order valence-corrected chi connectivity index (χ0v) is 16.8. The van der Waals surface area contributed by atoms with Gasteiger partial charge in [-0.05, 0) is 57.4 Å². The monoisotopic (exact) mass is 388 g/mol. The molecule has 4 N–H and O–H groups in total. The van der Waals surface area contributed by atoms with Gasteiger partial charge >= 0.3 is 0 Å². The Labute approximate surface area is 164 Å². The number of pyridine rings is 1. The lowest BCUT2D eigenvalue weighted by atomic mass is 9.92. The quantitative estimate of drug-likeness (QED) is 0.685. The Morgan fingerprint density at radius 1 is 1.43 bits per heavy atom. The number of anilines is 1. The highest BCUT2D eigenvalue weighted by molar-refractivity contribution is 6.09. The van der Waals surface area contributed by atoms with Crippen molar-refractivity contribution in [2.24, 2.45) is 0 Å². The number of carbonyl (C=O) groups is 1. The van der Waals surface area contributed by atoms with E-state index in [2.05, 4.69) is 15.2 Å². The molecule has 152 valence electrons. The molecule has 0 radical (unpaired) electrons. The molecule has 0 saturated carbocycles. The first-order valence-electron chi connectivity index (χ1n) is 9.64. The molecule has 2 aromatic rings. The van der Waals surface area contributed by atoms with Crippen LogP contribution in [0, 0.1) is 6.92 Å². The number of β-amino-alcohol motifs (C(OH)–C–C–N with tert-alkyl or cyclic N) is 1. The minimum atomic E-state index is -1.45. The van der Waals surface area contributed by atoms with Gasteiger partial charge in [-0.1, -0.05) is 0 Å². The lowest BCUT2D eigenvalue weighted by molar-refractivity contribution is -0.000321. The molecule has 0 spiro atoms. The number of alkyl halides is 1. The Kier molecular flexibility index (Phi) is 5.59. The van der Waals surface area contributed by atoms with E-state index in [0.717, 1.165) is 10.9 Å². The number of hydrogen-bond donors (Lipinski definition) is 3. The molecular formula is C21H29FN4O2. The first-order valence-corrected chi connectivity index (χ1v) is 9.64. The van der Waals surface area contributed by atoms with Gasteiger partial charge in [0.25, 0.3) is 5.91 Å². The Morgan fingerprint density at radius 3 is 2.75 bits per heavy atom. The van der Waals surface area contributed by atoms with E-state index in [4.69, 9.17) is 5.73 Å². The molecule has 1 saturated heterocycles. The van der Waals surface area contributed by atoms with Crippen LogP contribution in [0.2, 0.25) is 0 Å². The van der Waals surface area contributed by atoms with E-state index in [1.165, 1.54) is 0 Å². The average Bonchev–Trinajstić information content (AvgIpc) is 2.64. The van der Waals surface area contributed by atoms with Gasteiger partial charge in [0, 0.05) is 36.9 Å². The van der Waals surface area contributed by atoms with Crippen molar-refractivity contribution in [2.45, 2.75) is 44.9 Å². The highest BCUT2D eigenvalue weighted by Crippen LogP contribution is 2.28. The fraction of sp³-hybridized carbons (Fsp3) is 0.524. The Morgan fingerprint density at radius 2 is 2.11 bits per heavy atom. The van der Waals surface area contributed by atoms with Crippen LogP contribution < -0.4 is 11.1 Å². The minimum Gasteiger partial charge on any atom is -0.398 e. The molecule has 1 aromatic heterocycles. The van der Waals surface area contributed by atoms with Crippen LogP contribution in [0.3, 0.4) is 0 Å². The molecule has 6 nitrogen and oxygen atoms in total. The number of nitrogens with zero attached hydrogens (tertiary/aromatic N) is 2. The fourth-order valence-electron chi connectivity index (χ4n) is 3.76. The summed E-state index contributed by atoms with van der Waals surface area (Å²) < 4.78 is 15.2. The summed E-state index contributed by atoms with van der Waals surface area (Å²) in [5, 5.41) is 13.4. The van der Waals surface area contributed by atoms with Crippen molar-refractivity contribution < 1.29 is 14.3 Å². The van der Waals surface area contributed by atoms with Crippen molar-refractivity contribution in [3.8, 4) is 0 Å². The average molecular weight is 388 g/mol. The number of halogens is 1. The summed E-state index contributed by atoms with van der Waals surface area (Å²) in [4.78, 5) is 19.1. The van der Waals surface area contributed by atoms with Gasteiger partial charge in [-0.25, -0.2) is 4.39 Å². The van der Waals surface area contributed by atoms with Crippen molar-refractivity contribution in [3.05, 3.63) is 35.5 Å². The predicted octanol–water partition coefficient (Wildman–Crippen LogP) is 2.43. The predicted molar refractivity (Wildman–Crippen MR) is 109 cm³/mol. The SMILES string of the molecule is Cc1cc(C(=O)NCC2(F)CCN(CC(C)(C)O)CC2)c2ncccc2c1N. The Hall–Kier alpha value is -2.25. The van der Waals surface area contributed by atoms with E-state index in [1.807, 2.05) is 13.0 Å².